The van der Waals surface area contributed by atoms with Gasteiger partial charge in [0.2, 0.25) is 0 Å². The van der Waals surface area contributed by atoms with Crippen LogP contribution in [0.4, 0.5) is 10.1 Å². The van der Waals surface area contributed by atoms with Crippen molar-refractivity contribution in [1.82, 2.24) is 20.8 Å². The number of aryl methyl sites for hydroxylation is 1. The van der Waals surface area contributed by atoms with Gasteiger partial charge in [-0.2, -0.15) is 0 Å². The van der Waals surface area contributed by atoms with Crippen molar-refractivity contribution in [2.24, 2.45) is 16.8 Å². The van der Waals surface area contributed by atoms with Crippen molar-refractivity contribution in [2.45, 2.75) is 37.6 Å². The average molecular weight is 395 g/mol. The summed E-state index contributed by atoms with van der Waals surface area (Å²) in [6.07, 6.45) is 6.71. The fourth-order valence-electron chi connectivity index (χ4n) is 4.82. The lowest BCUT2D eigenvalue weighted by molar-refractivity contribution is 0.0705. The van der Waals surface area contributed by atoms with Crippen LogP contribution in [-0.4, -0.2) is 39.4 Å². The van der Waals surface area contributed by atoms with Gasteiger partial charge in [0.1, 0.15) is 11.6 Å². The Hall–Kier alpha value is -2.71. The lowest BCUT2D eigenvalue weighted by Gasteiger charge is -2.17. The van der Waals surface area contributed by atoms with Gasteiger partial charge in [-0.1, -0.05) is 0 Å². The first-order valence-corrected chi connectivity index (χ1v) is 9.97. The molecule has 8 heteroatoms. The van der Waals surface area contributed by atoms with Crippen LogP contribution in [0.2, 0.25) is 0 Å². The van der Waals surface area contributed by atoms with Crippen molar-refractivity contribution in [1.29, 1.82) is 0 Å². The van der Waals surface area contributed by atoms with Crippen molar-refractivity contribution in [3.05, 3.63) is 53.4 Å². The van der Waals surface area contributed by atoms with E-state index >= 15 is 0 Å². The Labute approximate surface area is 167 Å². The summed E-state index contributed by atoms with van der Waals surface area (Å²) < 4.78 is 13.3. The van der Waals surface area contributed by atoms with Gasteiger partial charge in [-0.3, -0.25) is 15.0 Å². The number of carbonyl (C=O) groups excluding carboxylic acids is 1. The normalized spacial score (nSPS) is 27.0. The summed E-state index contributed by atoms with van der Waals surface area (Å²) in [7, 11) is 0. The van der Waals surface area contributed by atoms with E-state index in [-0.39, 0.29) is 11.4 Å². The molecule has 0 saturated heterocycles. The maximum absolute atomic E-state index is 13.3. The Morgan fingerprint density at radius 3 is 2.66 bits per heavy atom. The molecule has 1 aliphatic heterocycles. The third kappa shape index (κ3) is 3.54. The Morgan fingerprint density at radius 2 is 1.93 bits per heavy atom. The number of aliphatic imine (C=N–C) groups is 1. The zero-order valence-corrected chi connectivity index (χ0v) is 15.8. The molecule has 2 aromatic rings. The molecule has 29 heavy (non-hydrogen) atoms. The molecule has 5 rings (SSSR count). The molecule has 0 radical (unpaired) electrons. The van der Waals surface area contributed by atoms with E-state index in [2.05, 4.69) is 20.3 Å². The van der Waals surface area contributed by atoms with E-state index in [1.807, 2.05) is 0 Å². The number of nitrogens with zero attached hydrogens (tertiary/aromatic N) is 3. The molecule has 2 aliphatic carbocycles. The van der Waals surface area contributed by atoms with Gasteiger partial charge in [0, 0.05) is 36.6 Å². The summed E-state index contributed by atoms with van der Waals surface area (Å²) in [6.45, 7) is 0.778. The second-order valence-corrected chi connectivity index (χ2v) is 8.12. The summed E-state index contributed by atoms with van der Waals surface area (Å²) >= 11 is 0. The predicted octanol–water partition coefficient (Wildman–Crippen LogP) is 2.54. The summed E-state index contributed by atoms with van der Waals surface area (Å²) in [5.41, 5.74) is 4.84. The molecule has 1 aromatic heterocycles. The second-order valence-electron chi connectivity index (χ2n) is 8.12. The van der Waals surface area contributed by atoms with E-state index in [9.17, 15) is 9.18 Å². The highest BCUT2D eigenvalue weighted by molar-refractivity contribution is 5.92. The molecule has 2 unspecified atom stereocenters. The molecule has 1 aromatic carbocycles. The second kappa shape index (κ2) is 7.27. The van der Waals surface area contributed by atoms with E-state index in [4.69, 9.17) is 5.21 Å². The number of fused-ring (bicyclic) bond motifs is 2. The lowest BCUT2D eigenvalue weighted by Crippen LogP contribution is -2.29. The summed E-state index contributed by atoms with van der Waals surface area (Å²) in [5, 5.41) is 12.3. The number of benzene rings is 1. The minimum Gasteiger partial charge on any atom is -0.308 e. The van der Waals surface area contributed by atoms with Gasteiger partial charge < -0.3 is 5.32 Å². The molecule has 0 spiro atoms. The van der Waals surface area contributed by atoms with Crippen molar-refractivity contribution in [3.8, 4) is 0 Å². The van der Waals surface area contributed by atoms with Crippen LogP contribution < -0.4 is 10.8 Å². The van der Waals surface area contributed by atoms with Gasteiger partial charge in [-0.05, 0) is 61.3 Å². The molecule has 0 bridgehead atoms. The number of hydrogen-bond acceptors (Lipinski definition) is 6. The number of hydroxylamine groups is 1. The minimum absolute atomic E-state index is 0.198. The highest BCUT2D eigenvalue weighted by Crippen LogP contribution is 2.57. The van der Waals surface area contributed by atoms with Crippen LogP contribution >= 0.6 is 0 Å². The third-order valence-corrected chi connectivity index (χ3v) is 6.39. The van der Waals surface area contributed by atoms with Gasteiger partial charge in [-0.25, -0.2) is 19.8 Å². The van der Waals surface area contributed by atoms with Crippen LogP contribution in [0.1, 0.15) is 46.9 Å². The van der Waals surface area contributed by atoms with Gasteiger partial charge in [0.15, 0.2) is 0 Å². The van der Waals surface area contributed by atoms with Crippen LogP contribution in [0.3, 0.4) is 0 Å². The van der Waals surface area contributed by atoms with Crippen LogP contribution in [0.25, 0.3) is 0 Å². The summed E-state index contributed by atoms with van der Waals surface area (Å²) in [4.78, 5) is 24.7. The van der Waals surface area contributed by atoms with E-state index in [1.165, 1.54) is 18.5 Å². The molecular weight excluding hydrogens is 373 g/mol. The minimum atomic E-state index is -0.603. The number of halogens is 1. The van der Waals surface area contributed by atoms with E-state index < -0.39 is 5.91 Å². The standard InChI is InChI=1S/C21H22FN5O2/c22-14-2-4-18-11(5-14)1-3-15(26-18)10-23-19-16-6-12(7-17(16)19)20-24-8-13(9-25-20)21(28)27-29/h2,4-5,8-9,12,16-17,19,23,29H,1,3,6-7,10H2,(H,27,28). The SMILES string of the molecule is O=C(NO)c1cnc(C2CC3C(C2)C3NCC2=Nc3ccc(F)cc3CC2)nc1. The van der Waals surface area contributed by atoms with Gasteiger partial charge >= 0.3 is 0 Å². The van der Waals surface area contributed by atoms with Crippen molar-refractivity contribution in [3.63, 3.8) is 0 Å². The smallest absolute Gasteiger partial charge is 0.277 e. The predicted molar refractivity (Wildman–Crippen MR) is 104 cm³/mol. The molecule has 2 saturated carbocycles. The Bertz CT molecular complexity index is 966. The van der Waals surface area contributed by atoms with Crippen LogP contribution in [0.15, 0.2) is 35.6 Å². The van der Waals surface area contributed by atoms with Gasteiger partial charge in [-0.15, -0.1) is 0 Å². The number of aromatic nitrogens is 2. The largest absolute Gasteiger partial charge is 0.308 e. The summed E-state index contributed by atoms with van der Waals surface area (Å²) in [6, 6.07) is 5.33. The molecule has 1 amide bonds. The first-order valence-electron chi connectivity index (χ1n) is 9.97. The molecule has 2 heterocycles. The first kappa shape index (κ1) is 18.3. The topological polar surface area (TPSA) is 99.5 Å². The number of carbonyl (C=O) groups is 1. The molecule has 150 valence electrons. The van der Waals surface area contributed by atoms with E-state index in [0.29, 0.717) is 23.8 Å². The number of nitrogens with one attached hydrogen (secondary N) is 2. The summed E-state index contributed by atoms with van der Waals surface area (Å²) in [5.74, 6) is 1.56. The molecular formula is C21H22FN5O2. The maximum Gasteiger partial charge on any atom is 0.277 e. The zero-order chi connectivity index (χ0) is 20.0. The highest BCUT2D eigenvalue weighted by atomic mass is 19.1. The van der Waals surface area contributed by atoms with E-state index in [0.717, 1.165) is 55.0 Å². The van der Waals surface area contributed by atoms with Crippen LogP contribution in [0.5, 0.6) is 0 Å². The Morgan fingerprint density at radius 1 is 1.17 bits per heavy atom. The lowest BCUT2D eigenvalue weighted by atomic mass is 10.00. The first-order chi connectivity index (χ1) is 14.1. The van der Waals surface area contributed by atoms with Crippen molar-refractivity contribution in [2.75, 3.05) is 6.54 Å². The highest BCUT2D eigenvalue weighted by Gasteiger charge is 2.56. The zero-order valence-electron chi connectivity index (χ0n) is 15.8. The van der Waals surface area contributed by atoms with Crippen molar-refractivity contribution < 1.29 is 14.4 Å². The van der Waals surface area contributed by atoms with Gasteiger partial charge in [0.05, 0.1) is 11.3 Å². The molecule has 2 atom stereocenters. The quantitative estimate of drug-likeness (QED) is 0.534. The average Bonchev–Trinajstić information content (AvgIpc) is 3.20. The molecule has 2 fully saturated rings. The fraction of sp³-hybridized carbons (Fsp3) is 0.429. The Kier molecular flexibility index (Phi) is 4.60. The number of amides is 1. The monoisotopic (exact) mass is 395 g/mol. The number of hydrogen-bond donors (Lipinski definition) is 3. The fourth-order valence-corrected chi connectivity index (χ4v) is 4.82. The number of rotatable bonds is 5. The van der Waals surface area contributed by atoms with Crippen LogP contribution in [-0.2, 0) is 6.42 Å². The Balaban J connectivity index is 1.14. The maximum atomic E-state index is 13.3. The third-order valence-electron chi connectivity index (χ3n) is 6.39. The molecule has 3 aliphatic rings. The van der Waals surface area contributed by atoms with Crippen molar-refractivity contribution >= 4 is 17.3 Å². The van der Waals surface area contributed by atoms with Gasteiger partial charge in [0.25, 0.3) is 5.91 Å². The molecule has 7 nitrogen and oxygen atoms in total. The molecule has 3 N–H and O–H groups in total. The van der Waals surface area contributed by atoms with E-state index in [1.54, 1.807) is 17.6 Å². The van der Waals surface area contributed by atoms with Crippen LogP contribution in [0, 0.1) is 17.7 Å².